The van der Waals surface area contributed by atoms with E-state index in [-0.39, 0.29) is 12.1 Å². The molecule has 1 atom stereocenters. The van der Waals surface area contributed by atoms with Crippen LogP contribution in [0, 0.1) is 0 Å². The van der Waals surface area contributed by atoms with E-state index in [0.29, 0.717) is 17.8 Å². The highest BCUT2D eigenvalue weighted by Crippen LogP contribution is 2.18. The van der Waals surface area contributed by atoms with E-state index in [4.69, 9.17) is 10.5 Å². The topological polar surface area (TPSA) is 65.2 Å². The van der Waals surface area contributed by atoms with Crippen LogP contribution in [0.1, 0.15) is 34.6 Å². The first-order valence-corrected chi connectivity index (χ1v) is 6.11. The molecule has 0 spiro atoms. The maximum Gasteiger partial charge on any atom is 0.338 e. The zero-order chi connectivity index (χ0) is 13.7. The molecule has 19 heavy (non-hydrogen) atoms. The Balaban J connectivity index is 2.08. The van der Waals surface area contributed by atoms with Gasteiger partial charge >= 0.3 is 5.97 Å². The van der Waals surface area contributed by atoms with E-state index in [1.165, 1.54) is 0 Å². The summed E-state index contributed by atoms with van der Waals surface area (Å²) < 4.78 is 5.41. The normalized spacial score (nSPS) is 11.9. The third kappa shape index (κ3) is 3.39. The van der Waals surface area contributed by atoms with Gasteiger partial charge in [-0.1, -0.05) is 30.3 Å². The molecule has 2 N–H and O–H groups in total. The molecule has 0 amide bonds. The first kappa shape index (κ1) is 13.2. The summed E-state index contributed by atoms with van der Waals surface area (Å²) in [6, 6.07) is 12.9. The molecule has 0 bridgehead atoms. The van der Waals surface area contributed by atoms with Crippen molar-refractivity contribution in [3.05, 3.63) is 65.5 Å². The summed E-state index contributed by atoms with van der Waals surface area (Å²) in [5.74, 6) is -0.367. The number of hydrogen-bond acceptors (Lipinski definition) is 4. The molecule has 98 valence electrons. The van der Waals surface area contributed by atoms with Gasteiger partial charge in [-0.05, 0) is 24.6 Å². The van der Waals surface area contributed by atoms with Crippen LogP contribution in [0.2, 0.25) is 0 Å². The quantitative estimate of drug-likeness (QED) is 0.853. The van der Waals surface area contributed by atoms with Gasteiger partial charge in [0.1, 0.15) is 6.10 Å². The van der Waals surface area contributed by atoms with E-state index in [9.17, 15) is 4.79 Å². The van der Waals surface area contributed by atoms with Crippen molar-refractivity contribution >= 4 is 5.97 Å². The van der Waals surface area contributed by atoms with Gasteiger partial charge in [-0.15, -0.1) is 0 Å². The van der Waals surface area contributed by atoms with E-state index in [2.05, 4.69) is 4.98 Å². The van der Waals surface area contributed by atoms with Crippen LogP contribution in [0.4, 0.5) is 0 Å². The fourth-order valence-electron chi connectivity index (χ4n) is 1.74. The number of rotatable bonds is 4. The Morgan fingerprint density at radius 1 is 1.32 bits per heavy atom. The molecule has 0 saturated carbocycles. The summed E-state index contributed by atoms with van der Waals surface area (Å²) in [6.45, 7) is 2.15. The van der Waals surface area contributed by atoms with Crippen LogP contribution in [0.25, 0.3) is 0 Å². The van der Waals surface area contributed by atoms with E-state index in [0.717, 1.165) is 5.56 Å². The van der Waals surface area contributed by atoms with Crippen LogP contribution >= 0.6 is 0 Å². The molecule has 0 saturated heterocycles. The second-order valence-corrected chi connectivity index (χ2v) is 4.20. The highest BCUT2D eigenvalue weighted by atomic mass is 16.5. The highest BCUT2D eigenvalue weighted by molar-refractivity contribution is 5.89. The zero-order valence-corrected chi connectivity index (χ0v) is 10.7. The Hall–Kier alpha value is -2.20. The zero-order valence-electron chi connectivity index (χ0n) is 10.7. The summed E-state index contributed by atoms with van der Waals surface area (Å²) in [5.41, 5.74) is 7.60. The summed E-state index contributed by atoms with van der Waals surface area (Å²) >= 11 is 0. The van der Waals surface area contributed by atoms with Gasteiger partial charge in [0.2, 0.25) is 0 Å². The van der Waals surface area contributed by atoms with Crippen molar-refractivity contribution in [2.24, 2.45) is 5.73 Å². The van der Waals surface area contributed by atoms with Gasteiger partial charge in [0.15, 0.2) is 0 Å². The van der Waals surface area contributed by atoms with Crippen molar-refractivity contribution in [3.63, 3.8) is 0 Å². The average Bonchev–Trinajstić information content (AvgIpc) is 2.48. The van der Waals surface area contributed by atoms with Crippen LogP contribution < -0.4 is 5.73 Å². The van der Waals surface area contributed by atoms with Crippen LogP contribution in [0.15, 0.2) is 48.7 Å². The number of ether oxygens (including phenoxy) is 1. The van der Waals surface area contributed by atoms with E-state index < -0.39 is 0 Å². The maximum atomic E-state index is 12.0. The Bertz CT molecular complexity index is 555. The van der Waals surface area contributed by atoms with Crippen molar-refractivity contribution in [1.82, 2.24) is 4.98 Å². The SMILES string of the molecule is CC(OC(=O)c1ccnc(CN)c1)c1ccccc1. The second-order valence-electron chi connectivity index (χ2n) is 4.20. The number of hydrogen-bond donors (Lipinski definition) is 1. The second kappa shape index (κ2) is 6.11. The molecule has 0 radical (unpaired) electrons. The lowest BCUT2D eigenvalue weighted by molar-refractivity contribution is 0.0337. The first-order chi connectivity index (χ1) is 9.20. The van der Waals surface area contributed by atoms with E-state index in [1.807, 2.05) is 37.3 Å². The minimum Gasteiger partial charge on any atom is -0.454 e. The van der Waals surface area contributed by atoms with Gasteiger partial charge in [0.05, 0.1) is 11.3 Å². The molecule has 0 aliphatic rings. The lowest BCUT2D eigenvalue weighted by Gasteiger charge is -2.13. The molecule has 2 aromatic rings. The summed E-state index contributed by atoms with van der Waals surface area (Å²) in [4.78, 5) is 16.1. The van der Waals surface area contributed by atoms with Gasteiger partial charge in [-0.3, -0.25) is 4.98 Å². The Morgan fingerprint density at radius 3 is 2.74 bits per heavy atom. The number of nitrogens with zero attached hydrogens (tertiary/aromatic N) is 1. The molecule has 0 aliphatic heterocycles. The van der Waals surface area contributed by atoms with Gasteiger partial charge in [-0.25, -0.2) is 4.79 Å². The molecular weight excluding hydrogens is 240 g/mol. The number of esters is 1. The van der Waals surface area contributed by atoms with E-state index in [1.54, 1.807) is 18.3 Å². The molecule has 0 aliphatic carbocycles. The number of nitrogens with two attached hydrogens (primary N) is 1. The minimum absolute atomic E-state index is 0.289. The smallest absolute Gasteiger partial charge is 0.338 e. The summed E-state index contributed by atoms with van der Waals surface area (Å²) in [7, 11) is 0. The first-order valence-electron chi connectivity index (χ1n) is 6.11. The predicted octanol–water partition coefficient (Wildman–Crippen LogP) is 2.46. The van der Waals surface area contributed by atoms with Crippen molar-refractivity contribution < 1.29 is 9.53 Å². The van der Waals surface area contributed by atoms with Gasteiger partial charge in [-0.2, -0.15) is 0 Å². The Kier molecular flexibility index (Phi) is 4.26. The largest absolute Gasteiger partial charge is 0.454 e. The standard InChI is InChI=1S/C15H16N2O2/c1-11(12-5-3-2-4-6-12)19-15(18)13-7-8-17-14(9-13)10-16/h2-9,11H,10,16H2,1H3. The van der Waals surface area contributed by atoms with Crippen LogP contribution in [-0.2, 0) is 11.3 Å². The number of benzene rings is 1. The van der Waals surface area contributed by atoms with Crippen LogP contribution in [0.3, 0.4) is 0 Å². The van der Waals surface area contributed by atoms with Crippen molar-refractivity contribution in [3.8, 4) is 0 Å². The molecule has 0 fully saturated rings. The van der Waals surface area contributed by atoms with Crippen LogP contribution in [0.5, 0.6) is 0 Å². The monoisotopic (exact) mass is 256 g/mol. The highest BCUT2D eigenvalue weighted by Gasteiger charge is 2.13. The average molecular weight is 256 g/mol. The molecule has 4 heteroatoms. The van der Waals surface area contributed by atoms with Crippen molar-refractivity contribution in [2.75, 3.05) is 0 Å². The number of aromatic nitrogens is 1. The molecule has 1 heterocycles. The Labute approximate surface area is 112 Å². The minimum atomic E-state index is -0.367. The Morgan fingerprint density at radius 2 is 2.05 bits per heavy atom. The molecule has 2 rings (SSSR count). The number of pyridine rings is 1. The third-order valence-electron chi connectivity index (χ3n) is 2.81. The molecule has 1 aromatic carbocycles. The van der Waals surface area contributed by atoms with Gasteiger partial charge in [0.25, 0.3) is 0 Å². The molecular formula is C15H16N2O2. The van der Waals surface area contributed by atoms with Crippen molar-refractivity contribution in [2.45, 2.75) is 19.6 Å². The maximum absolute atomic E-state index is 12.0. The van der Waals surface area contributed by atoms with Gasteiger partial charge < -0.3 is 10.5 Å². The fraction of sp³-hybridized carbons (Fsp3) is 0.200. The fourth-order valence-corrected chi connectivity index (χ4v) is 1.74. The summed E-state index contributed by atoms with van der Waals surface area (Å²) in [5, 5.41) is 0. The third-order valence-corrected chi connectivity index (χ3v) is 2.81. The molecule has 4 nitrogen and oxygen atoms in total. The van der Waals surface area contributed by atoms with Crippen molar-refractivity contribution in [1.29, 1.82) is 0 Å². The molecule has 1 aromatic heterocycles. The lowest BCUT2D eigenvalue weighted by atomic mass is 10.1. The molecule has 1 unspecified atom stereocenters. The summed E-state index contributed by atoms with van der Waals surface area (Å²) in [6.07, 6.45) is 1.27. The lowest BCUT2D eigenvalue weighted by Crippen LogP contribution is -2.10. The predicted molar refractivity (Wildman–Crippen MR) is 72.4 cm³/mol. The number of carbonyl (C=O) groups is 1. The van der Waals surface area contributed by atoms with Crippen LogP contribution in [-0.4, -0.2) is 11.0 Å². The van der Waals surface area contributed by atoms with Gasteiger partial charge in [0, 0.05) is 12.7 Å². The number of carbonyl (C=O) groups excluding carboxylic acids is 1. The van der Waals surface area contributed by atoms with E-state index >= 15 is 0 Å².